The first-order valence-electron chi connectivity index (χ1n) is 7.14. The molecule has 0 aliphatic heterocycles. The summed E-state index contributed by atoms with van der Waals surface area (Å²) < 4.78 is 5.71. The number of rotatable bonds is 2. The van der Waals surface area contributed by atoms with Crippen molar-refractivity contribution in [3.63, 3.8) is 0 Å². The highest BCUT2D eigenvalue weighted by molar-refractivity contribution is 6.33. The van der Waals surface area contributed by atoms with Crippen molar-refractivity contribution in [2.24, 2.45) is 0 Å². The molecule has 0 saturated carbocycles. The summed E-state index contributed by atoms with van der Waals surface area (Å²) in [7, 11) is 0. The van der Waals surface area contributed by atoms with Crippen LogP contribution in [-0.2, 0) is 0 Å². The Kier molecular flexibility index (Phi) is 3.21. The van der Waals surface area contributed by atoms with E-state index in [-0.39, 0.29) is 0 Å². The van der Waals surface area contributed by atoms with Crippen molar-refractivity contribution in [3.05, 3.63) is 84.1 Å². The summed E-state index contributed by atoms with van der Waals surface area (Å²) in [6, 6.07) is 24.5. The highest BCUT2D eigenvalue weighted by Crippen LogP contribution is 2.33. The van der Waals surface area contributed by atoms with Crippen LogP contribution in [-0.4, -0.2) is 0 Å². The average molecular weight is 305 g/mol. The summed E-state index contributed by atoms with van der Waals surface area (Å²) >= 11 is 6.23. The molecule has 2 heteroatoms. The van der Waals surface area contributed by atoms with E-state index >= 15 is 0 Å². The molecule has 0 aliphatic rings. The fraction of sp³-hybridized carbons (Fsp3) is 0. The lowest BCUT2D eigenvalue weighted by molar-refractivity contribution is 0.583. The third-order valence-corrected chi connectivity index (χ3v) is 4.15. The zero-order valence-corrected chi connectivity index (χ0v) is 12.5. The van der Waals surface area contributed by atoms with Crippen molar-refractivity contribution in [1.29, 1.82) is 0 Å². The molecule has 0 unspecified atom stereocenters. The van der Waals surface area contributed by atoms with E-state index in [0.717, 1.165) is 22.5 Å². The van der Waals surface area contributed by atoms with Crippen molar-refractivity contribution in [1.82, 2.24) is 0 Å². The molecule has 0 N–H and O–H groups in total. The van der Waals surface area contributed by atoms with Crippen LogP contribution in [0.3, 0.4) is 0 Å². The second kappa shape index (κ2) is 5.36. The SMILES string of the molecule is Clc1ccccc1-c1cc(-c2ccc3ccccc3c2)co1. The van der Waals surface area contributed by atoms with Crippen molar-refractivity contribution in [2.45, 2.75) is 0 Å². The summed E-state index contributed by atoms with van der Waals surface area (Å²) in [4.78, 5) is 0. The molecule has 0 atom stereocenters. The minimum absolute atomic E-state index is 0.696. The van der Waals surface area contributed by atoms with E-state index in [1.165, 1.54) is 10.8 Å². The zero-order chi connectivity index (χ0) is 14.9. The lowest BCUT2D eigenvalue weighted by atomic mass is 10.0. The minimum Gasteiger partial charge on any atom is -0.464 e. The number of benzene rings is 3. The maximum absolute atomic E-state index is 6.23. The predicted molar refractivity (Wildman–Crippen MR) is 92.1 cm³/mol. The van der Waals surface area contributed by atoms with Gasteiger partial charge in [0.2, 0.25) is 0 Å². The van der Waals surface area contributed by atoms with Crippen LogP contribution in [0.2, 0.25) is 5.02 Å². The van der Waals surface area contributed by atoms with Gasteiger partial charge in [-0.1, -0.05) is 60.1 Å². The smallest absolute Gasteiger partial charge is 0.135 e. The summed E-state index contributed by atoms with van der Waals surface area (Å²) in [5, 5.41) is 3.16. The molecule has 0 fully saturated rings. The number of hydrogen-bond donors (Lipinski definition) is 0. The highest BCUT2D eigenvalue weighted by Gasteiger charge is 2.09. The Morgan fingerprint density at radius 2 is 1.45 bits per heavy atom. The van der Waals surface area contributed by atoms with E-state index < -0.39 is 0 Å². The molecule has 4 rings (SSSR count). The van der Waals surface area contributed by atoms with Gasteiger partial charge in [-0.2, -0.15) is 0 Å². The van der Waals surface area contributed by atoms with E-state index in [2.05, 4.69) is 42.5 Å². The van der Waals surface area contributed by atoms with Gasteiger partial charge in [0.25, 0.3) is 0 Å². The van der Waals surface area contributed by atoms with Gasteiger partial charge in [-0.25, -0.2) is 0 Å². The molecule has 1 heterocycles. The predicted octanol–water partition coefficient (Wildman–Crippen LogP) is 6.42. The largest absolute Gasteiger partial charge is 0.464 e. The van der Waals surface area contributed by atoms with Crippen LogP contribution in [0.15, 0.2) is 83.5 Å². The van der Waals surface area contributed by atoms with Crippen LogP contribution in [0.1, 0.15) is 0 Å². The van der Waals surface area contributed by atoms with Gasteiger partial charge in [-0.3, -0.25) is 0 Å². The highest BCUT2D eigenvalue weighted by atomic mass is 35.5. The van der Waals surface area contributed by atoms with E-state index in [4.69, 9.17) is 16.0 Å². The monoisotopic (exact) mass is 304 g/mol. The maximum atomic E-state index is 6.23. The fourth-order valence-electron chi connectivity index (χ4n) is 2.66. The molecule has 1 aromatic heterocycles. The molecule has 0 amide bonds. The molecule has 0 bridgehead atoms. The Morgan fingerprint density at radius 3 is 2.32 bits per heavy atom. The Labute approximate surface area is 133 Å². The molecular weight excluding hydrogens is 292 g/mol. The molecular formula is C20H13ClO. The van der Waals surface area contributed by atoms with Crippen LogP contribution in [0.25, 0.3) is 33.2 Å². The second-order valence-corrected chi connectivity index (χ2v) is 5.65. The lowest BCUT2D eigenvalue weighted by Crippen LogP contribution is -1.77. The summed E-state index contributed by atoms with van der Waals surface area (Å²) in [5.74, 6) is 0.786. The first-order valence-corrected chi connectivity index (χ1v) is 7.52. The van der Waals surface area contributed by atoms with Gasteiger partial charge < -0.3 is 4.42 Å². The molecule has 4 aromatic rings. The van der Waals surface area contributed by atoms with Crippen molar-refractivity contribution >= 4 is 22.4 Å². The van der Waals surface area contributed by atoms with Crippen molar-refractivity contribution in [2.75, 3.05) is 0 Å². The van der Waals surface area contributed by atoms with Crippen molar-refractivity contribution in [3.8, 4) is 22.5 Å². The van der Waals surface area contributed by atoms with Gasteiger partial charge in [0, 0.05) is 11.1 Å². The molecule has 0 aliphatic carbocycles. The van der Waals surface area contributed by atoms with E-state index in [1.807, 2.05) is 30.3 Å². The normalized spacial score (nSPS) is 11.0. The van der Waals surface area contributed by atoms with Crippen LogP contribution in [0.5, 0.6) is 0 Å². The Hall–Kier alpha value is -2.51. The minimum atomic E-state index is 0.696. The third kappa shape index (κ3) is 2.30. The standard InChI is InChI=1S/C20H13ClO/c21-19-8-4-3-7-18(19)20-12-17(13-22-20)16-10-9-14-5-1-2-6-15(14)11-16/h1-13H. The third-order valence-electron chi connectivity index (χ3n) is 3.82. The van der Waals surface area contributed by atoms with Gasteiger partial charge in [-0.15, -0.1) is 0 Å². The van der Waals surface area contributed by atoms with Gasteiger partial charge in [0.15, 0.2) is 0 Å². The topological polar surface area (TPSA) is 13.1 Å². The molecule has 3 aromatic carbocycles. The Bertz CT molecular complexity index is 953. The average Bonchev–Trinajstić information content (AvgIpc) is 3.04. The second-order valence-electron chi connectivity index (χ2n) is 5.24. The van der Waals surface area contributed by atoms with Crippen LogP contribution >= 0.6 is 11.6 Å². The molecule has 0 spiro atoms. The van der Waals surface area contributed by atoms with Gasteiger partial charge in [0.1, 0.15) is 5.76 Å². The molecule has 0 radical (unpaired) electrons. The Balaban J connectivity index is 1.78. The van der Waals surface area contributed by atoms with Gasteiger partial charge in [0.05, 0.1) is 11.3 Å². The Morgan fingerprint density at radius 1 is 0.682 bits per heavy atom. The van der Waals surface area contributed by atoms with Crippen molar-refractivity contribution < 1.29 is 4.42 Å². The van der Waals surface area contributed by atoms with E-state index in [1.54, 1.807) is 6.26 Å². The number of furan rings is 1. The van der Waals surface area contributed by atoms with Gasteiger partial charge >= 0.3 is 0 Å². The molecule has 106 valence electrons. The summed E-state index contributed by atoms with van der Waals surface area (Å²) in [6.45, 7) is 0. The van der Waals surface area contributed by atoms with Gasteiger partial charge in [-0.05, 0) is 40.6 Å². The number of halogens is 1. The quantitative estimate of drug-likeness (QED) is 0.416. The van der Waals surface area contributed by atoms with E-state index in [9.17, 15) is 0 Å². The lowest BCUT2D eigenvalue weighted by Gasteiger charge is -2.01. The number of fused-ring (bicyclic) bond motifs is 1. The molecule has 1 nitrogen and oxygen atoms in total. The summed E-state index contributed by atoms with van der Waals surface area (Å²) in [5.41, 5.74) is 3.11. The van der Waals surface area contributed by atoms with Crippen LogP contribution in [0, 0.1) is 0 Å². The fourth-order valence-corrected chi connectivity index (χ4v) is 2.89. The summed E-state index contributed by atoms with van der Waals surface area (Å²) in [6.07, 6.45) is 1.78. The zero-order valence-electron chi connectivity index (χ0n) is 11.8. The molecule has 0 saturated heterocycles. The van der Waals surface area contributed by atoms with Crippen LogP contribution < -0.4 is 0 Å². The molecule has 22 heavy (non-hydrogen) atoms. The van der Waals surface area contributed by atoms with Crippen LogP contribution in [0.4, 0.5) is 0 Å². The maximum Gasteiger partial charge on any atom is 0.135 e. The first kappa shape index (κ1) is 13.2. The van der Waals surface area contributed by atoms with E-state index in [0.29, 0.717) is 5.02 Å². The first-order chi connectivity index (χ1) is 10.8. The number of hydrogen-bond acceptors (Lipinski definition) is 1.